The SMILES string of the molecule is CCCN(CC(=O)N1CCN(c2ncnc3c2cnn3C)CC1)C(C)C(=O)Nc1ccccc1. The zero-order valence-electron chi connectivity index (χ0n) is 20.0. The van der Waals surface area contributed by atoms with Gasteiger partial charge in [0.25, 0.3) is 0 Å². The molecular weight excluding hydrogens is 432 g/mol. The highest BCUT2D eigenvalue weighted by atomic mass is 16.2. The van der Waals surface area contributed by atoms with Gasteiger partial charge in [-0.1, -0.05) is 25.1 Å². The van der Waals surface area contributed by atoms with Gasteiger partial charge in [0.05, 0.1) is 24.2 Å². The van der Waals surface area contributed by atoms with Crippen LogP contribution in [0.1, 0.15) is 20.3 Å². The maximum Gasteiger partial charge on any atom is 0.241 e. The summed E-state index contributed by atoms with van der Waals surface area (Å²) in [7, 11) is 1.86. The largest absolute Gasteiger partial charge is 0.352 e. The molecule has 2 amide bonds. The summed E-state index contributed by atoms with van der Waals surface area (Å²) in [5.74, 6) is 0.784. The number of para-hydroxylation sites is 1. The third-order valence-corrected chi connectivity index (χ3v) is 6.26. The number of piperazine rings is 1. The molecule has 10 heteroatoms. The van der Waals surface area contributed by atoms with Crippen LogP contribution in [-0.4, -0.2) is 86.7 Å². The van der Waals surface area contributed by atoms with Crippen molar-refractivity contribution in [2.45, 2.75) is 26.3 Å². The zero-order chi connectivity index (χ0) is 24.1. The van der Waals surface area contributed by atoms with Crippen molar-refractivity contribution < 1.29 is 9.59 Å². The third-order valence-electron chi connectivity index (χ3n) is 6.26. The molecule has 1 atom stereocenters. The lowest BCUT2D eigenvalue weighted by atomic mass is 10.2. The molecule has 2 aromatic heterocycles. The van der Waals surface area contributed by atoms with E-state index in [4.69, 9.17) is 0 Å². The number of aromatic nitrogens is 4. The Morgan fingerprint density at radius 2 is 1.85 bits per heavy atom. The number of rotatable bonds is 8. The molecule has 34 heavy (non-hydrogen) atoms. The van der Waals surface area contributed by atoms with Crippen LogP contribution in [0.5, 0.6) is 0 Å². The Balaban J connectivity index is 1.35. The lowest BCUT2D eigenvalue weighted by molar-refractivity contribution is -0.134. The number of fused-ring (bicyclic) bond motifs is 1. The number of carbonyl (C=O) groups is 2. The summed E-state index contributed by atoms with van der Waals surface area (Å²) in [6.07, 6.45) is 4.20. The molecule has 0 saturated carbocycles. The van der Waals surface area contributed by atoms with E-state index in [0.717, 1.165) is 29.0 Å². The van der Waals surface area contributed by atoms with E-state index in [0.29, 0.717) is 32.7 Å². The Kier molecular flexibility index (Phi) is 7.36. The zero-order valence-corrected chi connectivity index (χ0v) is 20.0. The minimum atomic E-state index is -0.412. The number of aryl methyl sites for hydroxylation is 1. The van der Waals surface area contributed by atoms with Crippen molar-refractivity contribution in [3.05, 3.63) is 42.9 Å². The van der Waals surface area contributed by atoms with E-state index >= 15 is 0 Å². The van der Waals surface area contributed by atoms with Gasteiger partial charge in [-0.3, -0.25) is 19.2 Å². The molecule has 1 saturated heterocycles. The summed E-state index contributed by atoms with van der Waals surface area (Å²) in [5.41, 5.74) is 1.55. The van der Waals surface area contributed by atoms with Crippen LogP contribution in [0.25, 0.3) is 11.0 Å². The van der Waals surface area contributed by atoms with Gasteiger partial charge in [-0.15, -0.1) is 0 Å². The number of amides is 2. The molecule has 180 valence electrons. The van der Waals surface area contributed by atoms with Crippen molar-refractivity contribution in [2.75, 3.05) is 49.5 Å². The maximum absolute atomic E-state index is 13.1. The molecule has 0 aliphatic carbocycles. The van der Waals surface area contributed by atoms with Crippen LogP contribution in [0.2, 0.25) is 0 Å². The number of benzene rings is 1. The van der Waals surface area contributed by atoms with E-state index in [1.165, 1.54) is 0 Å². The van der Waals surface area contributed by atoms with Crippen LogP contribution in [0.3, 0.4) is 0 Å². The molecule has 1 unspecified atom stereocenters. The van der Waals surface area contributed by atoms with Gasteiger partial charge in [-0.25, -0.2) is 9.97 Å². The van der Waals surface area contributed by atoms with Crippen LogP contribution in [-0.2, 0) is 16.6 Å². The van der Waals surface area contributed by atoms with Crippen LogP contribution in [0.15, 0.2) is 42.9 Å². The summed E-state index contributed by atoms with van der Waals surface area (Å²) in [5, 5.41) is 8.14. The minimum Gasteiger partial charge on any atom is -0.352 e. The lowest BCUT2D eigenvalue weighted by Crippen LogP contribution is -2.53. The molecule has 1 N–H and O–H groups in total. The van der Waals surface area contributed by atoms with Crippen LogP contribution in [0.4, 0.5) is 11.5 Å². The topological polar surface area (TPSA) is 99.5 Å². The Bertz CT molecular complexity index is 1120. The summed E-state index contributed by atoms with van der Waals surface area (Å²) in [6.45, 7) is 7.39. The highest BCUT2D eigenvalue weighted by Gasteiger charge is 2.28. The molecule has 4 rings (SSSR count). The quantitative estimate of drug-likeness (QED) is 0.542. The van der Waals surface area contributed by atoms with Crippen molar-refractivity contribution in [1.29, 1.82) is 0 Å². The average molecular weight is 465 g/mol. The van der Waals surface area contributed by atoms with Crippen LogP contribution in [0, 0.1) is 0 Å². The Hall–Kier alpha value is -3.53. The van der Waals surface area contributed by atoms with Gasteiger partial charge in [-0.05, 0) is 32.0 Å². The van der Waals surface area contributed by atoms with Crippen molar-refractivity contribution in [1.82, 2.24) is 29.5 Å². The molecule has 10 nitrogen and oxygen atoms in total. The summed E-state index contributed by atoms with van der Waals surface area (Å²) in [4.78, 5) is 40.7. The van der Waals surface area contributed by atoms with E-state index in [1.807, 2.05) is 54.1 Å². The molecule has 1 fully saturated rings. The number of anilines is 2. The first kappa shape index (κ1) is 23.6. The normalized spacial score (nSPS) is 15.1. The fourth-order valence-electron chi connectivity index (χ4n) is 4.27. The molecule has 1 aromatic carbocycles. The molecule has 0 spiro atoms. The smallest absolute Gasteiger partial charge is 0.241 e. The van der Waals surface area contributed by atoms with E-state index < -0.39 is 6.04 Å². The third kappa shape index (κ3) is 5.17. The van der Waals surface area contributed by atoms with Gasteiger partial charge in [0.2, 0.25) is 11.8 Å². The fourth-order valence-corrected chi connectivity index (χ4v) is 4.27. The van der Waals surface area contributed by atoms with Crippen molar-refractivity contribution in [3.8, 4) is 0 Å². The molecule has 1 aliphatic rings. The van der Waals surface area contributed by atoms with Gasteiger partial charge in [0, 0.05) is 38.9 Å². The van der Waals surface area contributed by atoms with Gasteiger partial charge in [-0.2, -0.15) is 5.10 Å². The number of nitrogens with one attached hydrogen (secondary N) is 1. The standard InChI is InChI=1S/C24H32N8O2/c1-4-10-32(18(2)24(34)28-19-8-6-5-7-9-19)16-21(33)30-11-13-31(14-12-30)23-20-15-27-29(3)22(20)25-17-26-23/h5-9,15,17-18H,4,10-14,16H2,1-3H3,(H,28,34). The van der Waals surface area contributed by atoms with Gasteiger partial charge < -0.3 is 15.1 Å². The predicted molar refractivity (Wildman–Crippen MR) is 131 cm³/mol. The average Bonchev–Trinajstić information content (AvgIpc) is 3.25. The second-order valence-corrected chi connectivity index (χ2v) is 8.57. The van der Waals surface area contributed by atoms with Crippen LogP contribution < -0.4 is 10.2 Å². The van der Waals surface area contributed by atoms with Gasteiger partial charge >= 0.3 is 0 Å². The number of carbonyl (C=O) groups excluding carboxylic acids is 2. The minimum absolute atomic E-state index is 0.0432. The Labute approximate surface area is 199 Å². The van der Waals surface area contributed by atoms with Gasteiger partial charge in [0.1, 0.15) is 12.1 Å². The molecular formula is C24H32N8O2. The summed E-state index contributed by atoms with van der Waals surface area (Å²) in [6, 6.07) is 8.98. The van der Waals surface area contributed by atoms with Crippen LogP contribution >= 0.6 is 0 Å². The highest BCUT2D eigenvalue weighted by molar-refractivity contribution is 5.95. The number of nitrogens with zero attached hydrogens (tertiary/aromatic N) is 7. The molecule has 3 heterocycles. The number of hydrogen-bond donors (Lipinski definition) is 1. The monoisotopic (exact) mass is 464 g/mol. The lowest BCUT2D eigenvalue weighted by Gasteiger charge is -2.37. The number of hydrogen-bond acceptors (Lipinski definition) is 7. The first-order chi connectivity index (χ1) is 16.5. The molecule has 0 bridgehead atoms. The maximum atomic E-state index is 13.1. The summed E-state index contributed by atoms with van der Waals surface area (Å²) >= 11 is 0. The second kappa shape index (κ2) is 10.6. The fraction of sp³-hybridized carbons (Fsp3) is 0.458. The first-order valence-corrected chi connectivity index (χ1v) is 11.7. The second-order valence-electron chi connectivity index (χ2n) is 8.57. The predicted octanol–water partition coefficient (Wildman–Crippen LogP) is 1.75. The molecule has 0 radical (unpaired) electrons. The Morgan fingerprint density at radius 1 is 1.12 bits per heavy atom. The van der Waals surface area contributed by atoms with E-state index in [-0.39, 0.29) is 18.4 Å². The summed E-state index contributed by atoms with van der Waals surface area (Å²) < 4.78 is 1.73. The van der Waals surface area contributed by atoms with Crippen molar-refractivity contribution in [2.24, 2.45) is 7.05 Å². The van der Waals surface area contributed by atoms with Crippen molar-refractivity contribution >= 4 is 34.4 Å². The van der Waals surface area contributed by atoms with Crippen molar-refractivity contribution in [3.63, 3.8) is 0 Å². The van der Waals surface area contributed by atoms with E-state index in [2.05, 4.69) is 32.2 Å². The van der Waals surface area contributed by atoms with E-state index in [9.17, 15) is 9.59 Å². The van der Waals surface area contributed by atoms with Gasteiger partial charge in [0.15, 0.2) is 5.65 Å². The molecule has 1 aliphatic heterocycles. The molecule has 3 aromatic rings. The Morgan fingerprint density at radius 3 is 2.56 bits per heavy atom. The first-order valence-electron chi connectivity index (χ1n) is 11.7. The highest BCUT2D eigenvalue weighted by Crippen LogP contribution is 2.23. The van der Waals surface area contributed by atoms with E-state index in [1.54, 1.807) is 17.2 Å².